The normalized spacial score (nSPS) is 15.9. The van der Waals surface area contributed by atoms with Gasteiger partial charge in [-0.05, 0) is 38.3 Å². The molecule has 0 aromatic carbocycles. The van der Waals surface area contributed by atoms with Gasteiger partial charge in [0, 0.05) is 12.7 Å². The van der Waals surface area contributed by atoms with Gasteiger partial charge in [-0.3, -0.25) is 4.68 Å². The molecule has 12 heavy (non-hydrogen) atoms. The minimum atomic E-state index is 0.964. The van der Waals surface area contributed by atoms with E-state index >= 15 is 0 Å². The van der Waals surface area contributed by atoms with Crippen molar-refractivity contribution in [3.8, 4) is 0 Å². The van der Waals surface area contributed by atoms with Gasteiger partial charge in [0.1, 0.15) is 0 Å². The lowest BCUT2D eigenvalue weighted by Gasteiger charge is -2.15. The summed E-state index contributed by atoms with van der Waals surface area (Å²) in [6.07, 6.45) is 8.09. The zero-order valence-corrected chi connectivity index (χ0v) is 7.45. The molecule has 1 saturated carbocycles. The summed E-state index contributed by atoms with van der Waals surface area (Å²) < 4.78 is 2.03. The van der Waals surface area contributed by atoms with Crippen LogP contribution in [-0.4, -0.2) is 9.78 Å². The van der Waals surface area contributed by atoms with Gasteiger partial charge in [-0.1, -0.05) is 5.57 Å². The maximum atomic E-state index is 4.22. The molecule has 1 fully saturated rings. The van der Waals surface area contributed by atoms with Crippen LogP contribution >= 0.6 is 0 Å². The van der Waals surface area contributed by atoms with Crippen LogP contribution in [0.3, 0.4) is 0 Å². The number of hydrogen-bond acceptors (Lipinski definition) is 1. The van der Waals surface area contributed by atoms with E-state index in [1.807, 2.05) is 10.9 Å². The Morgan fingerprint density at radius 3 is 3.00 bits per heavy atom. The first-order valence-corrected chi connectivity index (χ1v) is 4.61. The molecule has 1 aliphatic carbocycles. The highest BCUT2D eigenvalue weighted by molar-refractivity contribution is 5.50. The summed E-state index contributed by atoms with van der Waals surface area (Å²) in [5, 5.41) is 4.22. The second-order valence-electron chi connectivity index (χ2n) is 3.23. The number of aryl methyl sites for hydroxylation is 1. The Kier molecular flexibility index (Phi) is 1.98. The fraction of sp³-hybridized carbons (Fsp3) is 0.500. The van der Waals surface area contributed by atoms with Crippen LogP contribution in [0.15, 0.2) is 17.8 Å². The summed E-state index contributed by atoms with van der Waals surface area (Å²) in [7, 11) is 0. The van der Waals surface area contributed by atoms with Gasteiger partial charge in [0.2, 0.25) is 0 Å². The molecule has 2 rings (SSSR count). The Morgan fingerprint density at radius 1 is 1.58 bits per heavy atom. The lowest BCUT2D eigenvalue weighted by atomic mass is 9.92. The molecule has 0 aliphatic heterocycles. The molecule has 2 nitrogen and oxygen atoms in total. The van der Waals surface area contributed by atoms with Crippen LogP contribution in [0.5, 0.6) is 0 Å². The van der Waals surface area contributed by atoms with Crippen LogP contribution in [0, 0.1) is 0 Å². The molecule has 0 saturated heterocycles. The molecule has 2 heteroatoms. The van der Waals surface area contributed by atoms with Gasteiger partial charge in [0.25, 0.3) is 0 Å². The predicted octanol–water partition coefficient (Wildman–Crippen LogP) is 2.47. The van der Waals surface area contributed by atoms with Crippen molar-refractivity contribution in [3.05, 3.63) is 23.5 Å². The SMILES string of the molecule is CCn1nccc1C=C1CCC1. The highest BCUT2D eigenvalue weighted by Crippen LogP contribution is 2.27. The molecule has 0 atom stereocenters. The van der Waals surface area contributed by atoms with Gasteiger partial charge in [-0.25, -0.2) is 0 Å². The van der Waals surface area contributed by atoms with E-state index in [0.29, 0.717) is 0 Å². The van der Waals surface area contributed by atoms with E-state index in [9.17, 15) is 0 Å². The number of aromatic nitrogens is 2. The average molecular weight is 162 g/mol. The smallest absolute Gasteiger partial charge is 0.0609 e. The maximum Gasteiger partial charge on any atom is 0.0609 e. The van der Waals surface area contributed by atoms with Crippen LogP contribution in [0.25, 0.3) is 6.08 Å². The fourth-order valence-electron chi connectivity index (χ4n) is 1.46. The Morgan fingerprint density at radius 2 is 2.42 bits per heavy atom. The highest BCUT2D eigenvalue weighted by Gasteiger charge is 2.08. The zero-order chi connectivity index (χ0) is 8.39. The molecule has 64 valence electrons. The molecule has 1 aliphatic rings. The molecule has 1 aromatic heterocycles. The predicted molar refractivity (Wildman–Crippen MR) is 49.7 cm³/mol. The van der Waals surface area contributed by atoms with E-state index in [1.54, 1.807) is 5.57 Å². The molecule has 0 spiro atoms. The van der Waals surface area contributed by atoms with Crippen LogP contribution in [0.4, 0.5) is 0 Å². The van der Waals surface area contributed by atoms with Crippen molar-refractivity contribution < 1.29 is 0 Å². The first-order chi connectivity index (χ1) is 5.90. The summed E-state index contributed by atoms with van der Waals surface area (Å²) in [5.74, 6) is 0. The van der Waals surface area contributed by atoms with Gasteiger partial charge >= 0.3 is 0 Å². The van der Waals surface area contributed by atoms with Crippen LogP contribution in [0.2, 0.25) is 0 Å². The molecule has 1 aromatic rings. The van der Waals surface area contributed by atoms with Crippen molar-refractivity contribution >= 4 is 6.08 Å². The minimum absolute atomic E-state index is 0.964. The summed E-state index contributed by atoms with van der Waals surface area (Å²) in [6.45, 7) is 3.09. The molecule has 0 N–H and O–H groups in total. The number of allylic oxidation sites excluding steroid dienone is 1. The van der Waals surface area contributed by atoms with Crippen LogP contribution in [-0.2, 0) is 6.54 Å². The lowest BCUT2D eigenvalue weighted by Crippen LogP contribution is -2.01. The van der Waals surface area contributed by atoms with Crippen molar-refractivity contribution in [2.24, 2.45) is 0 Å². The molecular weight excluding hydrogens is 148 g/mol. The summed E-state index contributed by atoms with van der Waals surface area (Å²) in [5.41, 5.74) is 2.83. The van der Waals surface area contributed by atoms with Crippen molar-refractivity contribution in [3.63, 3.8) is 0 Å². The maximum absolute atomic E-state index is 4.22. The van der Waals surface area contributed by atoms with Crippen LogP contribution < -0.4 is 0 Å². The van der Waals surface area contributed by atoms with E-state index in [4.69, 9.17) is 0 Å². The number of hydrogen-bond donors (Lipinski definition) is 0. The summed E-state index contributed by atoms with van der Waals surface area (Å²) in [6, 6.07) is 2.08. The Balaban J connectivity index is 2.21. The third-order valence-corrected chi connectivity index (χ3v) is 2.40. The molecular formula is C10H14N2. The van der Waals surface area contributed by atoms with Crippen LogP contribution in [0.1, 0.15) is 31.9 Å². The van der Waals surface area contributed by atoms with E-state index in [2.05, 4.69) is 24.2 Å². The third kappa shape index (κ3) is 1.29. The summed E-state index contributed by atoms with van der Waals surface area (Å²) >= 11 is 0. The largest absolute Gasteiger partial charge is 0.266 e. The van der Waals surface area contributed by atoms with Gasteiger partial charge in [-0.15, -0.1) is 0 Å². The van der Waals surface area contributed by atoms with Crippen molar-refractivity contribution in [1.29, 1.82) is 0 Å². The standard InChI is InChI=1S/C10H14N2/c1-2-12-10(6-7-11-12)8-9-4-3-5-9/h6-8H,2-5H2,1H3. The molecule has 1 heterocycles. The lowest BCUT2D eigenvalue weighted by molar-refractivity contribution is 0.644. The van der Waals surface area contributed by atoms with E-state index in [-0.39, 0.29) is 0 Å². The fourth-order valence-corrected chi connectivity index (χ4v) is 1.46. The minimum Gasteiger partial charge on any atom is -0.266 e. The quantitative estimate of drug-likeness (QED) is 0.653. The average Bonchev–Trinajstić information content (AvgIpc) is 2.43. The zero-order valence-electron chi connectivity index (χ0n) is 7.45. The van der Waals surface area contributed by atoms with Crippen molar-refractivity contribution in [1.82, 2.24) is 9.78 Å². The Labute approximate surface area is 72.9 Å². The first-order valence-electron chi connectivity index (χ1n) is 4.61. The van der Waals surface area contributed by atoms with Crippen molar-refractivity contribution in [2.75, 3.05) is 0 Å². The van der Waals surface area contributed by atoms with E-state index in [1.165, 1.54) is 25.0 Å². The first kappa shape index (κ1) is 7.59. The topological polar surface area (TPSA) is 17.8 Å². The Bertz CT molecular complexity index is 291. The second kappa shape index (κ2) is 3.13. The van der Waals surface area contributed by atoms with Gasteiger partial charge in [-0.2, -0.15) is 5.10 Å². The second-order valence-corrected chi connectivity index (χ2v) is 3.23. The highest BCUT2D eigenvalue weighted by atomic mass is 15.3. The molecule has 0 unspecified atom stereocenters. The molecule has 0 radical (unpaired) electrons. The van der Waals surface area contributed by atoms with Gasteiger partial charge in [0.05, 0.1) is 5.69 Å². The molecule has 0 bridgehead atoms. The molecule has 0 amide bonds. The monoisotopic (exact) mass is 162 g/mol. The number of nitrogens with zero attached hydrogens (tertiary/aromatic N) is 2. The third-order valence-electron chi connectivity index (χ3n) is 2.40. The van der Waals surface area contributed by atoms with E-state index < -0.39 is 0 Å². The van der Waals surface area contributed by atoms with Crippen molar-refractivity contribution in [2.45, 2.75) is 32.7 Å². The van der Waals surface area contributed by atoms with Gasteiger partial charge < -0.3 is 0 Å². The summed E-state index contributed by atoms with van der Waals surface area (Å²) in [4.78, 5) is 0. The number of rotatable bonds is 2. The Hall–Kier alpha value is -1.05. The van der Waals surface area contributed by atoms with Gasteiger partial charge in [0.15, 0.2) is 0 Å². The van der Waals surface area contributed by atoms with E-state index in [0.717, 1.165) is 6.54 Å².